The first-order chi connectivity index (χ1) is 9.92. The third-order valence-electron chi connectivity index (χ3n) is 3.62. The minimum atomic E-state index is 0.980. The number of benzene rings is 3. The standard InChI is InChI=1S/C19H12O/c1-2-6-15-12-19-16(11-14(15)5-1)7-3-9-18(19)17-8-4-10-20-13-17/h1-12H. The Balaban J connectivity index is 2.04. The van der Waals surface area contributed by atoms with Crippen molar-refractivity contribution in [3.63, 3.8) is 0 Å². The molecule has 0 fully saturated rings. The summed E-state index contributed by atoms with van der Waals surface area (Å²) in [6, 6.07) is 19.2. The van der Waals surface area contributed by atoms with E-state index in [2.05, 4.69) is 61.2 Å². The second-order valence-corrected chi connectivity index (χ2v) is 4.85. The van der Waals surface area contributed by atoms with E-state index in [9.17, 15) is 0 Å². The summed E-state index contributed by atoms with van der Waals surface area (Å²) >= 11 is 0. The maximum Gasteiger partial charge on any atom is 0.230 e. The molecule has 0 amide bonds. The molecule has 0 spiro atoms. The van der Waals surface area contributed by atoms with Gasteiger partial charge in [-0.25, -0.2) is 0 Å². The van der Waals surface area contributed by atoms with Crippen LogP contribution in [0.25, 0.3) is 27.1 Å². The van der Waals surface area contributed by atoms with Crippen molar-refractivity contribution in [2.75, 3.05) is 0 Å². The zero-order valence-electron chi connectivity index (χ0n) is 10.8. The number of ether oxygens (including phenoxy) is 1. The van der Waals surface area contributed by atoms with Crippen LogP contribution in [0, 0.1) is 6.61 Å². The maximum absolute atomic E-state index is 5.17. The summed E-state index contributed by atoms with van der Waals surface area (Å²) in [6.07, 6.45) is 5.54. The van der Waals surface area contributed by atoms with Crippen LogP contribution in [-0.4, -0.2) is 0 Å². The average molecular weight is 256 g/mol. The number of rotatable bonds is 1. The van der Waals surface area contributed by atoms with Gasteiger partial charge >= 0.3 is 0 Å². The Labute approximate surface area is 117 Å². The van der Waals surface area contributed by atoms with Crippen LogP contribution >= 0.6 is 0 Å². The van der Waals surface area contributed by atoms with Gasteiger partial charge in [-0.15, -0.1) is 0 Å². The number of hydrogen-bond acceptors (Lipinski definition) is 1. The normalized spacial score (nSPS) is 14.3. The molecule has 0 aliphatic carbocycles. The van der Waals surface area contributed by atoms with Crippen LogP contribution in [0.15, 0.2) is 73.0 Å². The first-order valence-electron chi connectivity index (χ1n) is 6.62. The molecule has 0 atom stereocenters. The largest absolute Gasteiger partial charge is 0.480 e. The minimum absolute atomic E-state index is 0.980. The molecule has 20 heavy (non-hydrogen) atoms. The van der Waals surface area contributed by atoms with E-state index in [4.69, 9.17) is 4.74 Å². The van der Waals surface area contributed by atoms with Gasteiger partial charge in [0, 0.05) is 5.57 Å². The Morgan fingerprint density at radius 1 is 0.800 bits per heavy atom. The Hall–Kier alpha value is -2.54. The fourth-order valence-electron chi connectivity index (χ4n) is 2.65. The van der Waals surface area contributed by atoms with Gasteiger partial charge in [0.05, 0.1) is 6.26 Å². The van der Waals surface area contributed by atoms with Gasteiger partial charge in [-0.3, -0.25) is 0 Å². The van der Waals surface area contributed by atoms with Gasteiger partial charge in [0.1, 0.15) is 0 Å². The van der Waals surface area contributed by atoms with E-state index in [0.717, 1.165) is 11.1 Å². The third-order valence-corrected chi connectivity index (χ3v) is 3.62. The lowest BCUT2D eigenvalue weighted by atomic mass is 9.95. The summed E-state index contributed by atoms with van der Waals surface area (Å²) in [5, 5.41) is 4.97. The van der Waals surface area contributed by atoms with Gasteiger partial charge in [-0.2, -0.15) is 0 Å². The van der Waals surface area contributed by atoms with Crippen LogP contribution in [0.3, 0.4) is 0 Å². The van der Waals surface area contributed by atoms with Crippen molar-refractivity contribution in [2.45, 2.75) is 0 Å². The van der Waals surface area contributed by atoms with Gasteiger partial charge in [0.15, 0.2) is 0 Å². The van der Waals surface area contributed by atoms with Gasteiger partial charge in [-0.05, 0) is 45.3 Å². The Bertz CT molecular complexity index is 856. The van der Waals surface area contributed by atoms with Crippen molar-refractivity contribution in [3.8, 4) is 0 Å². The van der Waals surface area contributed by atoms with Gasteiger partial charge in [0.25, 0.3) is 0 Å². The molecule has 0 unspecified atom stereocenters. The molecule has 0 saturated heterocycles. The van der Waals surface area contributed by atoms with E-state index in [0.29, 0.717) is 0 Å². The highest BCUT2D eigenvalue weighted by molar-refractivity contribution is 6.03. The number of hydrogen-bond donors (Lipinski definition) is 0. The third kappa shape index (κ3) is 1.79. The SMILES string of the molecule is [C]1OC=CC=C1c1cccc2cc3ccccc3cc12. The van der Waals surface area contributed by atoms with Crippen LogP contribution in [0.1, 0.15) is 5.56 Å². The van der Waals surface area contributed by atoms with E-state index in [1.54, 1.807) is 6.26 Å². The van der Waals surface area contributed by atoms with Gasteiger partial charge in [-0.1, -0.05) is 48.5 Å². The monoisotopic (exact) mass is 256 g/mol. The first kappa shape index (κ1) is 11.3. The van der Waals surface area contributed by atoms with Crippen LogP contribution in [0.4, 0.5) is 0 Å². The predicted molar refractivity (Wildman–Crippen MR) is 82.9 cm³/mol. The minimum Gasteiger partial charge on any atom is -0.480 e. The second-order valence-electron chi connectivity index (χ2n) is 4.85. The summed E-state index contributed by atoms with van der Waals surface area (Å²) in [4.78, 5) is 0. The summed E-state index contributed by atoms with van der Waals surface area (Å²) in [5.41, 5.74) is 2.13. The molecule has 3 aromatic carbocycles. The van der Waals surface area contributed by atoms with Crippen molar-refractivity contribution < 1.29 is 4.74 Å². The molecule has 0 N–H and O–H groups in total. The van der Waals surface area contributed by atoms with E-state index >= 15 is 0 Å². The van der Waals surface area contributed by atoms with Crippen molar-refractivity contribution in [2.24, 2.45) is 0 Å². The highest BCUT2D eigenvalue weighted by atomic mass is 16.5. The molecule has 94 valence electrons. The van der Waals surface area contributed by atoms with Crippen LogP contribution in [0.2, 0.25) is 0 Å². The summed E-state index contributed by atoms with van der Waals surface area (Å²) in [7, 11) is 0. The molecule has 0 saturated carbocycles. The smallest absolute Gasteiger partial charge is 0.230 e. The molecule has 1 aliphatic heterocycles. The zero-order valence-corrected chi connectivity index (χ0v) is 10.8. The van der Waals surface area contributed by atoms with Crippen LogP contribution in [0.5, 0.6) is 0 Å². The molecule has 1 heterocycles. The topological polar surface area (TPSA) is 9.23 Å². The quantitative estimate of drug-likeness (QED) is 0.559. The number of allylic oxidation sites excluding steroid dienone is 2. The van der Waals surface area contributed by atoms with Crippen LogP contribution < -0.4 is 0 Å². The van der Waals surface area contributed by atoms with E-state index in [1.165, 1.54) is 21.5 Å². The fourth-order valence-corrected chi connectivity index (χ4v) is 2.65. The summed E-state index contributed by atoms with van der Waals surface area (Å²) in [6.45, 7) is 2.95. The lowest BCUT2D eigenvalue weighted by Gasteiger charge is -2.12. The summed E-state index contributed by atoms with van der Waals surface area (Å²) in [5.74, 6) is 0. The van der Waals surface area contributed by atoms with Crippen LogP contribution in [-0.2, 0) is 4.74 Å². The molecular weight excluding hydrogens is 244 g/mol. The predicted octanol–water partition coefficient (Wildman–Crippen LogP) is 4.96. The van der Waals surface area contributed by atoms with Crippen molar-refractivity contribution in [3.05, 3.63) is 85.2 Å². The average Bonchev–Trinajstić information content (AvgIpc) is 2.53. The Kier molecular flexibility index (Phi) is 2.56. The molecule has 1 heteroatoms. The molecule has 1 aliphatic rings. The van der Waals surface area contributed by atoms with E-state index in [1.807, 2.05) is 12.2 Å². The summed E-state index contributed by atoms with van der Waals surface area (Å²) < 4.78 is 5.17. The molecule has 0 bridgehead atoms. The lowest BCUT2D eigenvalue weighted by Crippen LogP contribution is -1.92. The van der Waals surface area contributed by atoms with Crippen molar-refractivity contribution in [1.29, 1.82) is 0 Å². The molecule has 4 rings (SSSR count). The number of fused-ring (bicyclic) bond motifs is 2. The molecule has 3 aromatic rings. The maximum atomic E-state index is 5.17. The van der Waals surface area contributed by atoms with E-state index < -0.39 is 0 Å². The second kappa shape index (κ2) is 4.53. The lowest BCUT2D eigenvalue weighted by molar-refractivity contribution is 0.359. The first-order valence-corrected chi connectivity index (χ1v) is 6.62. The van der Waals surface area contributed by atoms with Gasteiger partial charge < -0.3 is 4.74 Å². The van der Waals surface area contributed by atoms with Gasteiger partial charge in [0.2, 0.25) is 6.61 Å². The Morgan fingerprint density at radius 3 is 2.40 bits per heavy atom. The molecule has 0 aromatic heterocycles. The van der Waals surface area contributed by atoms with E-state index in [-0.39, 0.29) is 0 Å². The molecule has 1 nitrogen and oxygen atoms in total. The highest BCUT2D eigenvalue weighted by Gasteiger charge is 2.10. The zero-order chi connectivity index (χ0) is 13.4. The van der Waals surface area contributed by atoms with Crippen molar-refractivity contribution in [1.82, 2.24) is 0 Å². The molecule has 2 radical (unpaired) electrons. The highest BCUT2D eigenvalue weighted by Crippen LogP contribution is 2.31. The Morgan fingerprint density at radius 2 is 1.60 bits per heavy atom. The van der Waals surface area contributed by atoms with Crippen molar-refractivity contribution >= 4 is 27.1 Å². The fraction of sp³-hybridized carbons (Fsp3) is 0. The molecular formula is C19H12O.